The van der Waals surface area contributed by atoms with Gasteiger partial charge in [-0.05, 0) is 22.9 Å². The first-order chi connectivity index (χ1) is 4.88. The fraction of sp³-hybridized carbons (Fsp3) is 0.143. The fourth-order valence-corrected chi connectivity index (χ4v) is 2.79. The molecule has 0 bridgehead atoms. The molecule has 1 aromatic rings. The van der Waals surface area contributed by atoms with Crippen LogP contribution < -0.4 is 0 Å². The molecule has 1 aromatic heterocycles. The summed E-state index contributed by atoms with van der Waals surface area (Å²) in [6, 6.07) is 1.97. The molecule has 0 saturated carbocycles. The zero-order valence-corrected chi connectivity index (χ0v) is 6.78. The maximum atomic E-state index is 9.36. The van der Waals surface area contributed by atoms with Crippen molar-refractivity contribution in [1.29, 1.82) is 0 Å². The molecule has 3 heteroatoms. The summed E-state index contributed by atoms with van der Waals surface area (Å²) in [5.41, 5.74) is 1.05. The first-order valence-electron chi connectivity index (χ1n) is 2.97. The van der Waals surface area contributed by atoms with E-state index < -0.39 is 0 Å². The molecule has 0 unspecified atom stereocenters. The van der Waals surface area contributed by atoms with E-state index in [0.29, 0.717) is 0 Å². The summed E-state index contributed by atoms with van der Waals surface area (Å²) < 4.78 is 1.22. The summed E-state index contributed by atoms with van der Waals surface area (Å²) in [5, 5.41) is 13.3. The fourth-order valence-electron chi connectivity index (χ4n) is 0.900. The van der Waals surface area contributed by atoms with Gasteiger partial charge in [-0.2, -0.15) is 0 Å². The van der Waals surface area contributed by atoms with E-state index in [-0.39, 0.29) is 6.10 Å². The Hall–Kier alpha value is -0.250. The van der Waals surface area contributed by atoms with Gasteiger partial charge in [-0.3, -0.25) is 0 Å². The van der Waals surface area contributed by atoms with Gasteiger partial charge in [-0.15, -0.1) is 11.3 Å². The molecule has 1 aliphatic rings. The summed E-state index contributed by atoms with van der Waals surface area (Å²) in [4.78, 5) is 0. The number of hydrogen-bond donors (Lipinski definition) is 1. The summed E-state index contributed by atoms with van der Waals surface area (Å²) in [6.45, 7) is 0. The van der Waals surface area contributed by atoms with Crippen molar-refractivity contribution >= 4 is 23.1 Å². The normalized spacial score (nSPS) is 22.7. The minimum Gasteiger partial charge on any atom is -0.384 e. The second-order valence-electron chi connectivity index (χ2n) is 2.05. The molecule has 0 fully saturated rings. The smallest absolute Gasteiger partial charge is 0.0999 e. The molecule has 1 N–H and O–H groups in total. The van der Waals surface area contributed by atoms with E-state index in [1.807, 2.05) is 16.9 Å². The van der Waals surface area contributed by atoms with Gasteiger partial charge in [0.2, 0.25) is 0 Å². The maximum Gasteiger partial charge on any atom is 0.0999 e. The van der Waals surface area contributed by atoms with Crippen molar-refractivity contribution in [3.05, 3.63) is 28.5 Å². The maximum absolute atomic E-state index is 9.36. The molecular weight excluding hydrogens is 164 g/mol. The molecule has 0 saturated heterocycles. The largest absolute Gasteiger partial charge is 0.384 e. The summed E-state index contributed by atoms with van der Waals surface area (Å²) in [7, 11) is 0. The molecule has 2 heterocycles. The second-order valence-corrected chi connectivity index (χ2v) is 4.15. The van der Waals surface area contributed by atoms with Crippen LogP contribution in [0.5, 0.6) is 0 Å². The van der Waals surface area contributed by atoms with E-state index in [9.17, 15) is 5.11 Å². The van der Waals surface area contributed by atoms with Crippen LogP contribution >= 0.6 is 23.1 Å². The number of fused-ring (bicyclic) bond motifs is 1. The number of thioether (sulfide) groups is 1. The zero-order chi connectivity index (χ0) is 6.97. The van der Waals surface area contributed by atoms with Gasteiger partial charge in [-0.1, -0.05) is 11.8 Å². The number of thiophene rings is 1. The van der Waals surface area contributed by atoms with Gasteiger partial charge in [0, 0.05) is 5.56 Å². The van der Waals surface area contributed by atoms with Crippen molar-refractivity contribution in [3.63, 3.8) is 0 Å². The van der Waals surface area contributed by atoms with Crippen LogP contribution in [0.25, 0.3) is 0 Å². The molecule has 1 atom stereocenters. The van der Waals surface area contributed by atoms with E-state index in [1.165, 1.54) is 4.21 Å². The number of hydrogen-bond acceptors (Lipinski definition) is 3. The minimum atomic E-state index is -0.373. The number of aliphatic hydroxyl groups excluding tert-OH is 1. The van der Waals surface area contributed by atoms with E-state index in [0.717, 1.165) is 5.56 Å². The topological polar surface area (TPSA) is 20.2 Å². The average Bonchev–Trinajstić information content (AvgIpc) is 2.36. The predicted octanol–water partition coefficient (Wildman–Crippen LogP) is 2.40. The average molecular weight is 170 g/mol. The van der Waals surface area contributed by atoms with Crippen molar-refractivity contribution < 1.29 is 5.11 Å². The van der Waals surface area contributed by atoms with Crippen LogP contribution in [0.3, 0.4) is 0 Å². The van der Waals surface area contributed by atoms with Gasteiger partial charge in [0.05, 0.1) is 10.3 Å². The van der Waals surface area contributed by atoms with Crippen LogP contribution in [0.2, 0.25) is 0 Å². The second kappa shape index (κ2) is 2.42. The lowest BCUT2D eigenvalue weighted by Gasteiger charge is -2.09. The third-order valence-electron chi connectivity index (χ3n) is 1.41. The quantitative estimate of drug-likeness (QED) is 0.645. The van der Waals surface area contributed by atoms with Gasteiger partial charge in [0.25, 0.3) is 0 Å². The minimum absolute atomic E-state index is 0.373. The highest BCUT2D eigenvalue weighted by atomic mass is 32.2. The first kappa shape index (κ1) is 6.46. The van der Waals surface area contributed by atoms with Crippen LogP contribution in [0.4, 0.5) is 0 Å². The van der Waals surface area contributed by atoms with E-state index in [4.69, 9.17) is 0 Å². The molecule has 2 rings (SSSR count). The summed E-state index contributed by atoms with van der Waals surface area (Å²) in [6.07, 6.45) is 1.43. The lowest BCUT2D eigenvalue weighted by molar-refractivity contribution is 0.226. The Bertz CT molecular complexity index is 264. The van der Waals surface area contributed by atoms with Gasteiger partial charge in [-0.25, -0.2) is 0 Å². The predicted molar refractivity (Wildman–Crippen MR) is 44.3 cm³/mol. The zero-order valence-electron chi connectivity index (χ0n) is 5.15. The Morgan fingerprint density at radius 3 is 3.20 bits per heavy atom. The lowest BCUT2D eigenvalue weighted by atomic mass is 10.2. The van der Waals surface area contributed by atoms with Gasteiger partial charge in [0.1, 0.15) is 0 Å². The number of rotatable bonds is 0. The Labute approximate surface area is 67.4 Å². The highest BCUT2D eigenvalue weighted by Gasteiger charge is 2.13. The first-order valence-corrected chi connectivity index (χ1v) is 4.72. The van der Waals surface area contributed by atoms with E-state index >= 15 is 0 Å². The van der Waals surface area contributed by atoms with E-state index in [1.54, 1.807) is 29.2 Å². The van der Waals surface area contributed by atoms with Crippen LogP contribution in [-0.2, 0) is 0 Å². The molecule has 0 radical (unpaired) electrons. The van der Waals surface area contributed by atoms with Crippen molar-refractivity contribution in [3.8, 4) is 0 Å². The molecule has 0 spiro atoms. The molecule has 0 aliphatic carbocycles. The SMILES string of the molecule is O[C@@H]1C=CSc2sccc21. The molecular formula is C7H6OS2. The van der Waals surface area contributed by atoms with Crippen molar-refractivity contribution in [1.82, 2.24) is 0 Å². The standard InChI is InChI=1S/C7H6OS2/c8-6-2-4-10-7-5(6)1-3-9-7/h1-4,6,8H/t6-/m1/s1. The Kier molecular flexibility index (Phi) is 1.56. The van der Waals surface area contributed by atoms with Crippen LogP contribution in [0, 0.1) is 0 Å². The highest BCUT2D eigenvalue weighted by molar-refractivity contribution is 8.03. The van der Waals surface area contributed by atoms with Gasteiger partial charge < -0.3 is 5.11 Å². The highest BCUT2D eigenvalue weighted by Crippen LogP contribution is 2.37. The monoisotopic (exact) mass is 170 g/mol. The molecule has 10 heavy (non-hydrogen) atoms. The third-order valence-corrected chi connectivity index (χ3v) is 3.46. The van der Waals surface area contributed by atoms with Gasteiger partial charge in [0.15, 0.2) is 0 Å². The van der Waals surface area contributed by atoms with Gasteiger partial charge >= 0.3 is 0 Å². The molecule has 1 aliphatic heterocycles. The molecule has 0 aromatic carbocycles. The van der Waals surface area contributed by atoms with Crippen LogP contribution in [-0.4, -0.2) is 5.11 Å². The van der Waals surface area contributed by atoms with E-state index in [2.05, 4.69) is 0 Å². The van der Waals surface area contributed by atoms with Crippen molar-refractivity contribution in [2.24, 2.45) is 0 Å². The third kappa shape index (κ3) is 0.905. The van der Waals surface area contributed by atoms with Crippen molar-refractivity contribution in [2.75, 3.05) is 0 Å². The van der Waals surface area contributed by atoms with Crippen LogP contribution in [0.1, 0.15) is 11.7 Å². The van der Waals surface area contributed by atoms with Crippen molar-refractivity contribution in [2.45, 2.75) is 10.3 Å². The summed E-state index contributed by atoms with van der Waals surface area (Å²) in [5.74, 6) is 0. The summed E-state index contributed by atoms with van der Waals surface area (Å²) >= 11 is 3.36. The molecule has 1 nitrogen and oxygen atoms in total. The number of aliphatic hydroxyl groups is 1. The van der Waals surface area contributed by atoms with Crippen LogP contribution in [0.15, 0.2) is 27.1 Å². The molecule has 52 valence electrons. The Morgan fingerprint density at radius 2 is 2.40 bits per heavy atom. The Balaban J connectivity index is 2.48. The Morgan fingerprint density at radius 1 is 1.50 bits per heavy atom. The lowest BCUT2D eigenvalue weighted by Crippen LogP contribution is -1.93. The molecule has 0 amide bonds.